The van der Waals surface area contributed by atoms with Gasteiger partial charge in [-0.25, -0.2) is 0 Å². The van der Waals surface area contributed by atoms with Gasteiger partial charge in [0.1, 0.15) is 5.76 Å². The maximum atomic E-state index is 6.42. The van der Waals surface area contributed by atoms with Gasteiger partial charge in [0.25, 0.3) is 0 Å². The molecule has 2 aliphatic heterocycles. The topological polar surface area (TPSA) is 39.7 Å². The monoisotopic (exact) mass is 297 g/mol. The lowest BCUT2D eigenvalue weighted by atomic mass is 9.58. The molecule has 22 heavy (non-hydrogen) atoms. The van der Waals surface area contributed by atoms with E-state index in [4.69, 9.17) is 14.2 Å². The van der Waals surface area contributed by atoms with E-state index < -0.39 is 0 Å². The van der Waals surface area contributed by atoms with E-state index in [2.05, 4.69) is 23.5 Å². The molecule has 2 heterocycles. The highest BCUT2D eigenvalue weighted by atomic mass is 16.6. The zero-order chi connectivity index (χ0) is 14.9. The SMILES string of the molecule is COC1=CC=C2C3Cc4ccc(OC)c5c4[C@@]2(CCN3)C1O5. The third kappa shape index (κ3) is 1.24. The Hall–Kier alpha value is -1.94. The molecule has 1 saturated heterocycles. The molecular formula is C18H19NO3. The summed E-state index contributed by atoms with van der Waals surface area (Å²) in [6.07, 6.45) is 6.31. The molecule has 1 N–H and O–H groups in total. The summed E-state index contributed by atoms with van der Waals surface area (Å²) >= 11 is 0. The fourth-order valence-corrected chi connectivity index (χ4v) is 4.85. The molecule has 4 aliphatic rings. The van der Waals surface area contributed by atoms with Crippen LogP contribution >= 0.6 is 0 Å². The van der Waals surface area contributed by atoms with Crippen molar-refractivity contribution in [2.24, 2.45) is 0 Å². The van der Waals surface area contributed by atoms with E-state index in [0.29, 0.717) is 6.04 Å². The van der Waals surface area contributed by atoms with Crippen molar-refractivity contribution in [3.8, 4) is 11.5 Å². The maximum Gasteiger partial charge on any atom is 0.169 e. The molecule has 1 spiro atoms. The first kappa shape index (κ1) is 12.6. The predicted molar refractivity (Wildman–Crippen MR) is 82.4 cm³/mol. The summed E-state index contributed by atoms with van der Waals surface area (Å²) in [5.41, 5.74) is 4.09. The number of hydrogen-bond donors (Lipinski definition) is 1. The van der Waals surface area contributed by atoms with Crippen molar-refractivity contribution in [3.63, 3.8) is 0 Å². The van der Waals surface area contributed by atoms with Crippen LogP contribution in [0.3, 0.4) is 0 Å². The van der Waals surface area contributed by atoms with Crippen LogP contribution in [0.4, 0.5) is 0 Å². The quantitative estimate of drug-likeness (QED) is 0.907. The average molecular weight is 297 g/mol. The molecule has 1 aromatic rings. The Morgan fingerprint density at radius 3 is 2.95 bits per heavy atom. The molecule has 5 rings (SSSR count). The highest BCUT2D eigenvalue weighted by Gasteiger charge is 2.61. The molecule has 1 fully saturated rings. The number of piperidine rings is 1. The minimum absolute atomic E-state index is 0.0625. The molecule has 114 valence electrons. The van der Waals surface area contributed by atoms with Crippen LogP contribution in [-0.4, -0.2) is 32.9 Å². The van der Waals surface area contributed by atoms with Crippen molar-refractivity contribution in [1.82, 2.24) is 5.32 Å². The van der Waals surface area contributed by atoms with Gasteiger partial charge in [0.2, 0.25) is 0 Å². The van der Waals surface area contributed by atoms with Crippen LogP contribution in [0.15, 0.2) is 35.6 Å². The van der Waals surface area contributed by atoms with Gasteiger partial charge in [-0.3, -0.25) is 0 Å². The Balaban J connectivity index is 1.85. The second kappa shape index (κ2) is 4.07. The van der Waals surface area contributed by atoms with Gasteiger partial charge in [-0.1, -0.05) is 12.1 Å². The number of allylic oxidation sites excluding steroid dienone is 2. The van der Waals surface area contributed by atoms with E-state index in [9.17, 15) is 0 Å². The lowest BCUT2D eigenvalue weighted by Crippen LogP contribution is -2.58. The molecule has 0 aromatic heterocycles. The summed E-state index contributed by atoms with van der Waals surface area (Å²) in [5, 5.41) is 3.67. The standard InChI is InChI=1S/C18H19NO3/c1-20-13-5-3-10-9-12-11-4-6-14(21-2)17-18(11,7-8-19-12)15(10)16(13)22-17/h3-6,12,17,19H,7-9H2,1-2H3/t12?,17?,18-/m0/s1. The Labute approximate surface area is 129 Å². The zero-order valence-corrected chi connectivity index (χ0v) is 12.8. The van der Waals surface area contributed by atoms with Crippen molar-refractivity contribution in [2.75, 3.05) is 20.8 Å². The minimum atomic E-state index is -0.0759. The molecule has 2 unspecified atom stereocenters. The van der Waals surface area contributed by atoms with Crippen molar-refractivity contribution in [1.29, 1.82) is 0 Å². The van der Waals surface area contributed by atoms with E-state index >= 15 is 0 Å². The Morgan fingerprint density at radius 1 is 1.23 bits per heavy atom. The first-order valence-corrected chi connectivity index (χ1v) is 7.86. The number of methoxy groups -OCH3 is 2. The van der Waals surface area contributed by atoms with Gasteiger partial charge >= 0.3 is 0 Å². The molecule has 0 amide bonds. The third-order valence-electron chi connectivity index (χ3n) is 5.70. The third-order valence-corrected chi connectivity index (χ3v) is 5.70. The molecule has 4 nitrogen and oxygen atoms in total. The molecule has 1 aromatic carbocycles. The van der Waals surface area contributed by atoms with Gasteiger partial charge < -0.3 is 19.5 Å². The minimum Gasteiger partial charge on any atom is -0.497 e. The fourth-order valence-electron chi connectivity index (χ4n) is 4.85. The van der Waals surface area contributed by atoms with Gasteiger partial charge in [-0.2, -0.15) is 0 Å². The summed E-state index contributed by atoms with van der Waals surface area (Å²) < 4.78 is 17.6. The van der Waals surface area contributed by atoms with Gasteiger partial charge in [0.15, 0.2) is 17.6 Å². The molecule has 2 bridgehead atoms. The number of benzene rings is 1. The van der Waals surface area contributed by atoms with Crippen LogP contribution in [0.5, 0.6) is 11.5 Å². The van der Waals surface area contributed by atoms with E-state index in [1.54, 1.807) is 14.2 Å². The average Bonchev–Trinajstić information content (AvgIpc) is 2.88. The molecule has 2 aliphatic carbocycles. The summed E-state index contributed by atoms with van der Waals surface area (Å²) in [5.74, 6) is 2.66. The van der Waals surface area contributed by atoms with E-state index in [1.807, 2.05) is 6.07 Å². The summed E-state index contributed by atoms with van der Waals surface area (Å²) in [4.78, 5) is 0. The Morgan fingerprint density at radius 2 is 2.14 bits per heavy atom. The normalized spacial score (nSPS) is 33.4. The van der Waals surface area contributed by atoms with Crippen LogP contribution in [0, 0.1) is 0 Å². The van der Waals surface area contributed by atoms with E-state index in [1.165, 1.54) is 16.7 Å². The van der Waals surface area contributed by atoms with Crippen LogP contribution in [0.2, 0.25) is 0 Å². The Kier molecular flexibility index (Phi) is 2.33. The maximum absolute atomic E-state index is 6.42. The zero-order valence-electron chi connectivity index (χ0n) is 12.8. The van der Waals surface area contributed by atoms with Crippen LogP contribution in [0.1, 0.15) is 17.5 Å². The summed E-state index contributed by atoms with van der Waals surface area (Å²) in [6, 6.07) is 4.64. The molecule has 0 saturated carbocycles. The molecular weight excluding hydrogens is 278 g/mol. The molecule has 3 atom stereocenters. The number of rotatable bonds is 2. The van der Waals surface area contributed by atoms with Crippen molar-refractivity contribution < 1.29 is 14.2 Å². The van der Waals surface area contributed by atoms with Crippen molar-refractivity contribution in [3.05, 3.63) is 46.7 Å². The van der Waals surface area contributed by atoms with Gasteiger partial charge in [0, 0.05) is 11.6 Å². The Bertz CT molecular complexity index is 736. The number of nitrogens with one attached hydrogen (secondary N) is 1. The predicted octanol–water partition coefficient (Wildman–Crippen LogP) is 2.08. The van der Waals surface area contributed by atoms with Crippen molar-refractivity contribution >= 4 is 0 Å². The second-order valence-corrected chi connectivity index (χ2v) is 6.46. The highest BCUT2D eigenvalue weighted by molar-refractivity contribution is 5.67. The first-order valence-electron chi connectivity index (χ1n) is 7.86. The fraction of sp³-hybridized carbons (Fsp3) is 0.444. The molecule has 4 heteroatoms. The summed E-state index contributed by atoms with van der Waals surface area (Å²) in [7, 11) is 3.44. The van der Waals surface area contributed by atoms with Crippen LogP contribution in [-0.2, 0) is 16.6 Å². The van der Waals surface area contributed by atoms with E-state index in [-0.39, 0.29) is 11.5 Å². The second-order valence-electron chi connectivity index (χ2n) is 6.46. The van der Waals surface area contributed by atoms with Gasteiger partial charge in [0.05, 0.1) is 19.6 Å². The summed E-state index contributed by atoms with van der Waals surface area (Å²) in [6.45, 7) is 1.01. The molecule has 0 radical (unpaired) electrons. The van der Waals surface area contributed by atoms with Gasteiger partial charge in [-0.15, -0.1) is 0 Å². The smallest absolute Gasteiger partial charge is 0.169 e. The number of ether oxygens (including phenoxy) is 3. The van der Waals surface area contributed by atoms with Crippen LogP contribution in [0.25, 0.3) is 0 Å². The highest BCUT2D eigenvalue weighted by Crippen LogP contribution is 2.61. The lowest BCUT2D eigenvalue weighted by Gasteiger charge is -2.49. The van der Waals surface area contributed by atoms with E-state index in [0.717, 1.165) is 36.6 Å². The van der Waals surface area contributed by atoms with Crippen molar-refractivity contribution in [2.45, 2.75) is 30.4 Å². The largest absolute Gasteiger partial charge is 0.497 e. The van der Waals surface area contributed by atoms with Crippen LogP contribution < -0.4 is 14.8 Å². The lowest BCUT2D eigenvalue weighted by molar-refractivity contribution is 0.0998. The number of hydrogen-bond acceptors (Lipinski definition) is 4. The first-order chi connectivity index (χ1) is 10.8. The van der Waals surface area contributed by atoms with Gasteiger partial charge in [-0.05, 0) is 42.7 Å².